The Bertz CT molecular complexity index is 513. The lowest BCUT2D eigenvalue weighted by molar-refractivity contribution is 0.285. The van der Waals surface area contributed by atoms with Crippen molar-refractivity contribution in [2.24, 2.45) is 0 Å². The molecule has 0 aromatic heterocycles. The van der Waals surface area contributed by atoms with Crippen molar-refractivity contribution in [1.82, 2.24) is 5.32 Å². The van der Waals surface area contributed by atoms with Crippen LogP contribution in [-0.2, 0) is 6.42 Å². The van der Waals surface area contributed by atoms with Crippen LogP contribution in [0.2, 0.25) is 0 Å². The van der Waals surface area contributed by atoms with Crippen molar-refractivity contribution in [1.29, 1.82) is 0 Å². The maximum Gasteiger partial charge on any atom is 0.119 e. The second-order valence-electron chi connectivity index (χ2n) is 5.04. The molecule has 0 amide bonds. The number of hydrogen-bond acceptors (Lipinski definition) is 2. The van der Waals surface area contributed by atoms with Gasteiger partial charge in [0.15, 0.2) is 0 Å². The quantitative estimate of drug-likeness (QED) is 0.674. The molecule has 1 N–H and O–H groups in total. The number of ether oxygens (including phenoxy) is 1. The number of nitrogens with one attached hydrogen (secondary N) is 1. The maximum absolute atomic E-state index is 5.80. The van der Waals surface area contributed by atoms with Gasteiger partial charge in [-0.25, -0.2) is 0 Å². The molecule has 1 unspecified atom stereocenters. The van der Waals surface area contributed by atoms with Crippen molar-refractivity contribution in [3.05, 3.63) is 63.7 Å². The molecule has 0 saturated heterocycles. The van der Waals surface area contributed by atoms with E-state index in [4.69, 9.17) is 4.74 Å². The van der Waals surface area contributed by atoms with Gasteiger partial charge in [0.1, 0.15) is 5.75 Å². The first kappa shape index (κ1) is 16.3. The molecule has 3 heteroatoms. The normalized spacial score (nSPS) is 12.1. The minimum absolute atomic E-state index is 0.457. The highest BCUT2D eigenvalue weighted by atomic mass is 127. The van der Waals surface area contributed by atoms with Crippen LogP contribution in [0.4, 0.5) is 0 Å². The molecule has 0 heterocycles. The molecule has 21 heavy (non-hydrogen) atoms. The fourth-order valence-corrected chi connectivity index (χ4v) is 2.67. The summed E-state index contributed by atoms with van der Waals surface area (Å²) in [6, 6.07) is 19.2. The summed E-state index contributed by atoms with van der Waals surface area (Å²) in [5.74, 6) is 0.946. The van der Waals surface area contributed by atoms with Crippen molar-refractivity contribution >= 4 is 22.6 Å². The Hall–Kier alpha value is -1.07. The lowest BCUT2D eigenvalue weighted by Gasteiger charge is -2.18. The third-order valence-electron chi connectivity index (χ3n) is 3.37. The third kappa shape index (κ3) is 6.06. The second kappa shape index (κ2) is 9.05. The van der Waals surface area contributed by atoms with Crippen LogP contribution in [0.15, 0.2) is 54.6 Å². The average molecular weight is 395 g/mol. The highest BCUT2D eigenvalue weighted by molar-refractivity contribution is 14.1. The van der Waals surface area contributed by atoms with Gasteiger partial charge in [0.25, 0.3) is 0 Å². The smallest absolute Gasteiger partial charge is 0.119 e. The molecule has 0 saturated carbocycles. The predicted octanol–water partition coefficient (Wildman–Crippen LogP) is 4.28. The van der Waals surface area contributed by atoms with Crippen LogP contribution in [0, 0.1) is 3.57 Å². The van der Waals surface area contributed by atoms with Crippen molar-refractivity contribution in [3.8, 4) is 5.75 Å². The Morgan fingerprint density at radius 1 is 1.05 bits per heavy atom. The Balaban J connectivity index is 1.82. The summed E-state index contributed by atoms with van der Waals surface area (Å²) in [7, 11) is 0. The van der Waals surface area contributed by atoms with Crippen LogP contribution in [-0.4, -0.2) is 19.2 Å². The van der Waals surface area contributed by atoms with Gasteiger partial charge >= 0.3 is 0 Å². The van der Waals surface area contributed by atoms with Crippen LogP contribution in [0.25, 0.3) is 0 Å². The summed E-state index contributed by atoms with van der Waals surface area (Å²) in [4.78, 5) is 0. The number of rotatable bonds is 8. The number of likely N-dealkylation sites (N-methyl/N-ethyl adjacent to an activating group) is 1. The Labute approximate surface area is 141 Å². The van der Waals surface area contributed by atoms with Crippen molar-refractivity contribution in [2.75, 3.05) is 13.2 Å². The summed E-state index contributed by atoms with van der Waals surface area (Å²) in [6.07, 6.45) is 2.05. The van der Waals surface area contributed by atoms with Gasteiger partial charge in [-0.15, -0.1) is 0 Å². The van der Waals surface area contributed by atoms with Gasteiger partial charge in [-0.3, -0.25) is 0 Å². The van der Waals surface area contributed by atoms with E-state index in [0.29, 0.717) is 6.04 Å². The van der Waals surface area contributed by atoms with E-state index in [1.165, 1.54) is 9.13 Å². The average Bonchev–Trinajstić information content (AvgIpc) is 2.51. The second-order valence-corrected chi connectivity index (χ2v) is 6.28. The van der Waals surface area contributed by atoms with E-state index in [1.807, 2.05) is 30.3 Å². The molecule has 112 valence electrons. The fourth-order valence-electron chi connectivity index (χ4n) is 2.31. The van der Waals surface area contributed by atoms with Gasteiger partial charge in [0, 0.05) is 9.61 Å². The molecule has 0 radical (unpaired) electrons. The van der Waals surface area contributed by atoms with E-state index in [0.717, 1.165) is 31.7 Å². The van der Waals surface area contributed by atoms with Gasteiger partial charge < -0.3 is 10.1 Å². The van der Waals surface area contributed by atoms with Crippen LogP contribution < -0.4 is 10.1 Å². The predicted molar refractivity (Wildman–Crippen MR) is 96.9 cm³/mol. The number of halogens is 1. The zero-order chi connectivity index (χ0) is 14.9. The molecule has 2 rings (SSSR count). The minimum Gasteiger partial charge on any atom is -0.494 e. The topological polar surface area (TPSA) is 21.3 Å². The first-order chi connectivity index (χ1) is 10.3. The molecule has 0 aliphatic rings. The molecule has 0 bridgehead atoms. The third-order valence-corrected chi connectivity index (χ3v) is 4.09. The lowest BCUT2D eigenvalue weighted by atomic mass is 10.0. The van der Waals surface area contributed by atoms with Gasteiger partial charge in [0.2, 0.25) is 0 Å². The van der Waals surface area contributed by atoms with Gasteiger partial charge in [-0.2, -0.15) is 0 Å². The first-order valence-electron chi connectivity index (χ1n) is 7.43. The van der Waals surface area contributed by atoms with Crippen LogP contribution >= 0.6 is 22.6 Å². The summed E-state index contributed by atoms with van der Waals surface area (Å²) >= 11 is 2.34. The van der Waals surface area contributed by atoms with Crippen LogP contribution in [0.1, 0.15) is 18.9 Å². The molecular weight excluding hydrogens is 373 g/mol. The van der Waals surface area contributed by atoms with E-state index in [2.05, 4.69) is 59.1 Å². The number of benzene rings is 2. The molecule has 0 spiro atoms. The van der Waals surface area contributed by atoms with Crippen LogP contribution in [0.3, 0.4) is 0 Å². The number of hydrogen-bond donors (Lipinski definition) is 1. The summed E-state index contributed by atoms with van der Waals surface area (Å²) < 4.78 is 7.08. The molecule has 0 aliphatic carbocycles. The molecule has 0 aliphatic heterocycles. The van der Waals surface area contributed by atoms with Gasteiger partial charge in [0.05, 0.1) is 6.61 Å². The van der Waals surface area contributed by atoms with E-state index in [1.54, 1.807) is 0 Å². The fraction of sp³-hybridized carbons (Fsp3) is 0.333. The number of para-hydroxylation sites is 1. The van der Waals surface area contributed by atoms with Crippen molar-refractivity contribution in [2.45, 2.75) is 25.8 Å². The Kier molecular flexibility index (Phi) is 7.03. The first-order valence-corrected chi connectivity index (χ1v) is 8.51. The molecule has 2 nitrogen and oxygen atoms in total. The van der Waals surface area contributed by atoms with E-state index >= 15 is 0 Å². The van der Waals surface area contributed by atoms with Crippen molar-refractivity contribution < 1.29 is 4.74 Å². The summed E-state index contributed by atoms with van der Waals surface area (Å²) in [5.41, 5.74) is 1.38. The Morgan fingerprint density at radius 2 is 1.76 bits per heavy atom. The van der Waals surface area contributed by atoms with Gasteiger partial charge in [-0.05, 0) is 71.8 Å². The standard InChI is InChI=1S/C18H22INO/c1-2-20-17(14-15-8-10-16(19)11-9-15)12-13-21-18-6-4-3-5-7-18/h3-11,17,20H,2,12-14H2,1H3. The SMILES string of the molecule is CCNC(CCOc1ccccc1)Cc1ccc(I)cc1. The Morgan fingerprint density at radius 3 is 2.43 bits per heavy atom. The zero-order valence-electron chi connectivity index (χ0n) is 12.4. The molecule has 0 fully saturated rings. The molecule has 2 aromatic carbocycles. The maximum atomic E-state index is 5.80. The van der Waals surface area contributed by atoms with Gasteiger partial charge in [-0.1, -0.05) is 37.3 Å². The van der Waals surface area contributed by atoms with Crippen molar-refractivity contribution in [3.63, 3.8) is 0 Å². The van der Waals surface area contributed by atoms with E-state index < -0.39 is 0 Å². The molecule has 2 aromatic rings. The molecular formula is C18H22INO. The molecule has 1 atom stereocenters. The summed E-state index contributed by atoms with van der Waals surface area (Å²) in [5, 5.41) is 3.55. The highest BCUT2D eigenvalue weighted by Gasteiger charge is 2.08. The summed E-state index contributed by atoms with van der Waals surface area (Å²) in [6.45, 7) is 3.88. The minimum atomic E-state index is 0.457. The lowest BCUT2D eigenvalue weighted by Crippen LogP contribution is -2.32. The zero-order valence-corrected chi connectivity index (χ0v) is 14.5. The monoisotopic (exact) mass is 395 g/mol. The highest BCUT2D eigenvalue weighted by Crippen LogP contribution is 2.12. The van der Waals surface area contributed by atoms with E-state index in [9.17, 15) is 0 Å². The van der Waals surface area contributed by atoms with E-state index in [-0.39, 0.29) is 0 Å². The largest absolute Gasteiger partial charge is 0.494 e. The van der Waals surface area contributed by atoms with Crippen LogP contribution in [0.5, 0.6) is 5.75 Å².